The lowest BCUT2D eigenvalue weighted by Gasteiger charge is -2.16. The molecule has 1 unspecified atom stereocenters. The maximum absolute atomic E-state index is 12.2. The van der Waals surface area contributed by atoms with Crippen molar-refractivity contribution in [3.63, 3.8) is 0 Å². The van der Waals surface area contributed by atoms with E-state index in [1.165, 1.54) is 5.56 Å². The molecule has 0 aliphatic rings. The zero-order valence-electron chi connectivity index (χ0n) is 11.7. The van der Waals surface area contributed by atoms with Crippen LogP contribution in [0.5, 0.6) is 0 Å². The van der Waals surface area contributed by atoms with Gasteiger partial charge >= 0.3 is 0 Å². The summed E-state index contributed by atoms with van der Waals surface area (Å²) >= 11 is 0. The lowest BCUT2D eigenvalue weighted by molar-refractivity contribution is 0.0935. The monoisotopic (exact) mass is 249 g/mol. The molecule has 0 aliphatic carbocycles. The van der Waals surface area contributed by atoms with Crippen molar-refractivity contribution >= 4 is 5.91 Å². The van der Waals surface area contributed by atoms with Gasteiger partial charge in [-0.05, 0) is 51.7 Å². The number of carbonyl (C=O) groups excluding carboxylic acids is 1. The van der Waals surface area contributed by atoms with Crippen molar-refractivity contribution < 1.29 is 9.90 Å². The fourth-order valence-corrected chi connectivity index (χ4v) is 2.30. The summed E-state index contributed by atoms with van der Waals surface area (Å²) < 4.78 is 0. The van der Waals surface area contributed by atoms with Gasteiger partial charge in [0.15, 0.2) is 0 Å². The van der Waals surface area contributed by atoms with Crippen molar-refractivity contribution in [3.05, 3.63) is 34.4 Å². The van der Waals surface area contributed by atoms with Gasteiger partial charge in [0.25, 0.3) is 5.91 Å². The van der Waals surface area contributed by atoms with Gasteiger partial charge in [0.05, 0.1) is 0 Å². The van der Waals surface area contributed by atoms with E-state index in [2.05, 4.69) is 5.32 Å². The summed E-state index contributed by atoms with van der Waals surface area (Å²) in [6, 6.07) is 4.14. The second-order valence-corrected chi connectivity index (χ2v) is 5.01. The molecule has 100 valence electrons. The van der Waals surface area contributed by atoms with Gasteiger partial charge in [-0.1, -0.05) is 17.7 Å². The van der Waals surface area contributed by atoms with Crippen LogP contribution in [0.15, 0.2) is 12.1 Å². The highest BCUT2D eigenvalue weighted by Crippen LogP contribution is 2.16. The number of aliphatic hydroxyl groups excluding tert-OH is 1. The largest absolute Gasteiger partial charge is 0.396 e. The topological polar surface area (TPSA) is 49.3 Å². The van der Waals surface area contributed by atoms with Crippen LogP contribution in [0.1, 0.15) is 46.8 Å². The van der Waals surface area contributed by atoms with Crippen LogP contribution < -0.4 is 5.32 Å². The van der Waals surface area contributed by atoms with Crippen LogP contribution in [0.3, 0.4) is 0 Å². The van der Waals surface area contributed by atoms with E-state index in [9.17, 15) is 4.79 Å². The van der Waals surface area contributed by atoms with E-state index in [0.29, 0.717) is 6.42 Å². The zero-order chi connectivity index (χ0) is 13.7. The molecule has 0 bridgehead atoms. The van der Waals surface area contributed by atoms with Gasteiger partial charge in [0.2, 0.25) is 0 Å². The van der Waals surface area contributed by atoms with Crippen molar-refractivity contribution in [2.24, 2.45) is 0 Å². The van der Waals surface area contributed by atoms with Crippen molar-refractivity contribution in [3.8, 4) is 0 Å². The van der Waals surface area contributed by atoms with E-state index in [1.54, 1.807) is 0 Å². The minimum absolute atomic E-state index is 0.0181. The van der Waals surface area contributed by atoms with Crippen molar-refractivity contribution in [1.29, 1.82) is 0 Å². The van der Waals surface area contributed by atoms with E-state index in [0.717, 1.165) is 23.1 Å². The number of hydrogen-bond donors (Lipinski definition) is 2. The van der Waals surface area contributed by atoms with Gasteiger partial charge in [-0.3, -0.25) is 4.79 Å². The highest BCUT2D eigenvalue weighted by atomic mass is 16.2. The Morgan fingerprint density at radius 1 is 1.28 bits per heavy atom. The van der Waals surface area contributed by atoms with Gasteiger partial charge in [0, 0.05) is 18.2 Å². The third kappa shape index (κ3) is 3.84. The Morgan fingerprint density at radius 3 is 2.33 bits per heavy atom. The van der Waals surface area contributed by atoms with Crippen LogP contribution in [0, 0.1) is 20.8 Å². The molecule has 0 fully saturated rings. The van der Waals surface area contributed by atoms with Crippen molar-refractivity contribution in [2.75, 3.05) is 6.61 Å². The van der Waals surface area contributed by atoms with Crippen LogP contribution >= 0.6 is 0 Å². The predicted molar refractivity (Wildman–Crippen MR) is 73.9 cm³/mol. The first kappa shape index (κ1) is 14.7. The number of hydrogen-bond acceptors (Lipinski definition) is 2. The molecule has 1 atom stereocenters. The Hall–Kier alpha value is -1.35. The standard InChI is InChI=1S/C15H23NO2/c1-10-8-11(2)14(12(3)9-10)15(18)16-13(4)6-5-7-17/h8-9,13,17H,5-7H2,1-4H3,(H,16,18). The lowest BCUT2D eigenvalue weighted by Crippen LogP contribution is -2.33. The van der Waals surface area contributed by atoms with Gasteiger partial charge < -0.3 is 10.4 Å². The quantitative estimate of drug-likeness (QED) is 0.842. The highest BCUT2D eigenvalue weighted by molar-refractivity contribution is 5.97. The third-order valence-corrected chi connectivity index (χ3v) is 3.08. The van der Waals surface area contributed by atoms with Crippen LogP contribution in [-0.2, 0) is 0 Å². The molecule has 1 aromatic carbocycles. The third-order valence-electron chi connectivity index (χ3n) is 3.08. The van der Waals surface area contributed by atoms with E-state index >= 15 is 0 Å². The van der Waals surface area contributed by atoms with E-state index < -0.39 is 0 Å². The minimum atomic E-state index is -0.0181. The van der Waals surface area contributed by atoms with E-state index in [1.807, 2.05) is 39.8 Å². The Balaban J connectivity index is 2.78. The molecule has 0 spiro atoms. The molecule has 0 aromatic heterocycles. The molecule has 0 radical (unpaired) electrons. The minimum Gasteiger partial charge on any atom is -0.396 e. The fourth-order valence-electron chi connectivity index (χ4n) is 2.30. The number of carbonyl (C=O) groups is 1. The van der Waals surface area contributed by atoms with Gasteiger partial charge in [0.1, 0.15) is 0 Å². The normalized spacial score (nSPS) is 12.3. The summed E-state index contributed by atoms with van der Waals surface area (Å²) in [7, 11) is 0. The number of nitrogens with one attached hydrogen (secondary N) is 1. The van der Waals surface area contributed by atoms with Crippen molar-refractivity contribution in [2.45, 2.75) is 46.6 Å². The smallest absolute Gasteiger partial charge is 0.252 e. The average Bonchev–Trinajstić information content (AvgIpc) is 2.24. The molecule has 3 nitrogen and oxygen atoms in total. The molecule has 0 aliphatic heterocycles. The predicted octanol–water partition coefficient (Wildman–Crippen LogP) is 2.50. The zero-order valence-corrected chi connectivity index (χ0v) is 11.7. The Labute approximate surface area is 109 Å². The molecule has 2 N–H and O–H groups in total. The second kappa shape index (κ2) is 6.55. The highest BCUT2D eigenvalue weighted by Gasteiger charge is 2.14. The first-order valence-electron chi connectivity index (χ1n) is 6.45. The van der Waals surface area contributed by atoms with Gasteiger partial charge in [-0.15, -0.1) is 0 Å². The summed E-state index contributed by atoms with van der Waals surface area (Å²) in [5, 5.41) is 11.8. The second-order valence-electron chi connectivity index (χ2n) is 5.01. The Bertz CT molecular complexity index is 403. The molecule has 3 heteroatoms. The molecule has 1 amide bonds. The lowest BCUT2D eigenvalue weighted by atomic mass is 9.99. The molecule has 0 saturated heterocycles. The summed E-state index contributed by atoms with van der Waals surface area (Å²) in [5.74, 6) is -0.0181. The van der Waals surface area contributed by atoms with Crippen LogP contribution in [0.2, 0.25) is 0 Å². The van der Waals surface area contributed by atoms with Crippen LogP contribution in [-0.4, -0.2) is 23.7 Å². The summed E-state index contributed by atoms with van der Waals surface area (Å²) in [5.41, 5.74) is 3.98. The molecule has 0 saturated carbocycles. The molecule has 1 rings (SSSR count). The molecule has 1 aromatic rings. The maximum Gasteiger partial charge on any atom is 0.252 e. The number of amides is 1. The SMILES string of the molecule is Cc1cc(C)c(C(=O)NC(C)CCCO)c(C)c1. The first-order chi connectivity index (χ1) is 8.45. The van der Waals surface area contributed by atoms with Crippen LogP contribution in [0.25, 0.3) is 0 Å². The van der Waals surface area contributed by atoms with E-state index in [4.69, 9.17) is 5.11 Å². The first-order valence-corrected chi connectivity index (χ1v) is 6.45. The number of aliphatic hydroxyl groups is 1. The molecular weight excluding hydrogens is 226 g/mol. The molecule has 18 heavy (non-hydrogen) atoms. The van der Waals surface area contributed by atoms with Gasteiger partial charge in [-0.25, -0.2) is 0 Å². The average molecular weight is 249 g/mol. The number of aryl methyl sites for hydroxylation is 3. The fraction of sp³-hybridized carbons (Fsp3) is 0.533. The number of benzene rings is 1. The summed E-state index contributed by atoms with van der Waals surface area (Å²) in [4.78, 5) is 12.2. The van der Waals surface area contributed by atoms with Crippen molar-refractivity contribution in [1.82, 2.24) is 5.32 Å². The van der Waals surface area contributed by atoms with Gasteiger partial charge in [-0.2, -0.15) is 0 Å². The summed E-state index contributed by atoms with van der Waals surface area (Å²) in [6.45, 7) is 8.10. The van der Waals surface area contributed by atoms with Crippen LogP contribution in [0.4, 0.5) is 0 Å². The Morgan fingerprint density at radius 2 is 1.83 bits per heavy atom. The van der Waals surface area contributed by atoms with E-state index in [-0.39, 0.29) is 18.6 Å². The Kier molecular flexibility index (Phi) is 5.35. The summed E-state index contributed by atoms with van der Waals surface area (Å²) in [6.07, 6.45) is 1.51. The maximum atomic E-state index is 12.2. The molecular formula is C15H23NO2. The number of rotatable bonds is 5. The molecule has 0 heterocycles.